The van der Waals surface area contributed by atoms with Crippen LogP contribution in [0.5, 0.6) is 5.75 Å². The normalized spacial score (nSPS) is 19.6. The van der Waals surface area contributed by atoms with Gasteiger partial charge in [-0.05, 0) is 51.2 Å². The molecule has 0 unspecified atom stereocenters. The third kappa shape index (κ3) is 4.09. The van der Waals surface area contributed by atoms with Crippen molar-refractivity contribution in [3.05, 3.63) is 46.9 Å². The fraction of sp³-hybridized carbons (Fsp3) is 0.538. The van der Waals surface area contributed by atoms with Crippen LogP contribution in [0.2, 0.25) is 0 Å². The lowest BCUT2D eigenvalue weighted by atomic mass is 9.94. The van der Waals surface area contributed by atoms with Gasteiger partial charge in [-0.25, -0.2) is 9.97 Å². The molecule has 3 heterocycles. The molecule has 0 atom stereocenters. The van der Waals surface area contributed by atoms with Gasteiger partial charge < -0.3 is 9.64 Å². The summed E-state index contributed by atoms with van der Waals surface area (Å²) in [4.78, 5) is 39.7. The Bertz CT molecular complexity index is 1060. The summed E-state index contributed by atoms with van der Waals surface area (Å²) in [7, 11) is 1.59. The average molecular weight is 449 g/mol. The Hall–Kier alpha value is -2.96. The van der Waals surface area contributed by atoms with Gasteiger partial charge >= 0.3 is 0 Å². The van der Waals surface area contributed by atoms with E-state index in [9.17, 15) is 9.59 Å². The Balaban J connectivity index is 1.35. The number of methoxy groups -OCH3 is 1. The largest absolute Gasteiger partial charge is 0.496 e. The average Bonchev–Trinajstić information content (AvgIpc) is 3.37. The van der Waals surface area contributed by atoms with E-state index < -0.39 is 0 Å². The molecule has 0 bridgehead atoms. The standard InChI is InChI=1S/C26H32N4O3/c1-17-20-11-12-23(31)30(19-7-3-4-8-19)25(20)28-24(27-17)18-13-15-29(16-14-18)26(32)21-9-5-6-10-22(21)33-2/h5-6,9-10,18-19H,3-4,7-8,11-16H2,1-2H3. The second kappa shape index (κ2) is 9.12. The molecule has 1 aromatic carbocycles. The van der Waals surface area contributed by atoms with Gasteiger partial charge in [0.25, 0.3) is 5.91 Å². The number of fused-ring (bicyclic) bond motifs is 1. The first kappa shape index (κ1) is 21.9. The van der Waals surface area contributed by atoms with Crippen LogP contribution in [0.25, 0.3) is 0 Å². The molecule has 3 aliphatic rings. The first-order chi connectivity index (χ1) is 16.1. The Morgan fingerprint density at radius 1 is 1.03 bits per heavy atom. The maximum absolute atomic E-state index is 13.1. The number of carbonyl (C=O) groups excluding carboxylic acids is 2. The Morgan fingerprint density at radius 3 is 2.48 bits per heavy atom. The van der Waals surface area contributed by atoms with Gasteiger partial charge in [-0.3, -0.25) is 14.5 Å². The number of likely N-dealkylation sites (tertiary alicyclic amines) is 1. The Labute approximate surface area is 195 Å². The van der Waals surface area contributed by atoms with Gasteiger partial charge in [-0.1, -0.05) is 25.0 Å². The highest BCUT2D eigenvalue weighted by Gasteiger charge is 2.36. The minimum atomic E-state index is 0.00597. The Morgan fingerprint density at radius 2 is 1.76 bits per heavy atom. The van der Waals surface area contributed by atoms with Gasteiger partial charge in [0.2, 0.25) is 5.91 Å². The fourth-order valence-electron chi connectivity index (χ4n) is 5.62. The molecule has 1 saturated heterocycles. The number of hydrogen-bond donors (Lipinski definition) is 0. The molecule has 1 aliphatic carbocycles. The van der Waals surface area contributed by atoms with E-state index in [0.29, 0.717) is 30.8 Å². The van der Waals surface area contributed by atoms with Crippen molar-refractivity contribution in [2.75, 3.05) is 25.1 Å². The molecule has 0 N–H and O–H groups in total. The van der Waals surface area contributed by atoms with Gasteiger partial charge in [0, 0.05) is 42.7 Å². The molecule has 174 valence electrons. The third-order valence-electron chi connectivity index (χ3n) is 7.47. The number of rotatable bonds is 4. The molecule has 33 heavy (non-hydrogen) atoms. The fourth-order valence-corrected chi connectivity index (χ4v) is 5.62. The number of amides is 2. The van der Waals surface area contributed by atoms with E-state index in [4.69, 9.17) is 14.7 Å². The summed E-state index contributed by atoms with van der Waals surface area (Å²) in [6, 6.07) is 7.65. The van der Waals surface area contributed by atoms with Crippen molar-refractivity contribution in [2.45, 2.75) is 70.3 Å². The zero-order chi connectivity index (χ0) is 22.9. The number of anilines is 1. The molecular formula is C26H32N4O3. The molecule has 0 radical (unpaired) electrons. The number of aryl methyl sites for hydroxylation is 1. The van der Waals surface area contributed by atoms with Crippen LogP contribution in [0.15, 0.2) is 24.3 Å². The molecule has 0 spiro atoms. The molecule has 2 aromatic rings. The molecule has 5 rings (SSSR count). The number of piperidine rings is 1. The van der Waals surface area contributed by atoms with Gasteiger partial charge in [0.15, 0.2) is 0 Å². The minimum absolute atomic E-state index is 0.00597. The Kier molecular flexibility index (Phi) is 6.04. The smallest absolute Gasteiger partial charge is 0.257 e. The van der Waals surface area contributed by atoms with Crippen LogP contribution in [0, 0.1) is 6.92 Å². The maximum Gasteiger partial charge on any atom is 0.257 e. The van der Waals surface area contributed by atoms with Crippen molar-refractivity contribution in [3.63, 3.8) is 0 Å². The van der Waals surface area contributed by atoms with Gasteiger partial charge in [-0.15, -0.1) is 0 Å². The monoisotopic (exact) mass is 448 g/mol. The van der Waals surface area contributed by atoms with Crippen molar-refractivity contribution in [2.24, 2.45) is 0 Å². The molecule has 7 heteroatoms. The quantitative estimate of drug-likeness (QED) is 0.706. The summed E-state index contributed by atoms with van der Waals surface area (Å²) in [6.45, 7) is 3.37. The molecule has 2 aliphatic heterocycles. The van der Waals surface area contributed by atoms with Crippen molar-refractivity contribution in [1.29, 1.82) is 0 Å². The molecule has 7 nitrogen and oxygen atoms in total. The number of carbonyl (C=O) groups is 2. The van der Waals surface area contributed by atoms with E-state index >= 15 is 0 Å². The zero-order valence-electron chi connectivity index (χ0n) is 19.5. The topological polar surface area (TPSA) is 75.6 Å². The summed E-state index contributed by atoms with van der Waals surface area (Å²) in [6.07, 6.45) is 7.40. The second-order valence-corrected chi connectivity index (χ2v) is 9.44. The summed E-state index contributed by atoms with van der Waals surface area (Å²) in [5.74, 6) is 2.69. The second-order valence-electron chi connectivity index (χ2n) is 9.44. The SMILES string of the molecule is COc1ccccc1C(=O)N1CCC(c2nc(C)c3c(n2)N(C2CCCC2)C(=O)CC3)CC1. The molecule has 2 amide bonds. The number of ether oxygens (including phenoxy) is 1. The highest BCUT2D eigenvalue weighted by molar-refractivity contribution is 5.97. The van der Waals surface area contributed by atoms with Crippen LogP contribution in [-0.2, 0) is 11.2 Å². The summed E-state index contributed by atoms with van der Waals surface area (Å²) in [5, 5.41) is 0. The van der Waals surface area contributed by atoms with Gasteiger partial charge in [-0.2, -0.15) is 0 Å². The minimum Gasteiger partial charge on any atom is -0.496 e. The van der Waals surface area contributed by atoms with Crippen LogP contribution in [-0.4, -0.2) is 52.9 Å². The van der Waals surface area contributed by atoms with Crippen LogP contribution >= 0.6 is 0 Å². The van der Waals surface area contributed by atoms with Gasteiger partial charge in [0.1, 0.15) is 17.4 Å². The number of para-hydroxylation sites is 1. The zero-order valence-corrected chi connectivity index (χ0v) is 19.5. The van der Waals surface area contributed by atoms with E-state index in [1.807, 2.05) is 41.0 Å². The lowest BCUT2D eigenvalue weighted by Gasteiger charge is -2.35. The molecule has 2 fully saturated rings. The molecule has 1 aromatic heterocycles. The highest BCUT2D eigenvalue weighted by atomic mass is 16.5. The van der Waals surface area contributed by atoms with E-state index in [0.717, 1.165) is 55.0 Å². The predicted molar refractivity (Wildman–Crippen MR) is 126 cm³/mol. The van der Waals surface area contributed by atoms with Crippen LogP contribution in [0.3, 0.4) is 0 Å². The first-order valence-corrected chi connectivity index (χ1v) is 12.2. The summed E-state index contributed by atoms with van der Waals surface area (Å²) in [5.41, 5.74) is 2.73. The highest BCUT2D eigenvalue weighted by Crippen LogP contribution is 2.37. The summed E-state index contributed by atoms with van der Waals surface area (Å²) < 4.78 is 5.37. The van der Waals surface area contributed by atoms with E-state index in [1.165, 1.54) is 12.8 Å². The lowest BCUT2D eigenvalue weighted by Crippen LogP contribution is -2.43. The van der Waals surface area contributed by atoms with Crippen LogP contribution in [0.1, 0.15) is 78.3 Å². The maximum atomic E-state index is 13.1. The van der Waals surface area contributed by atoms with E-state index in [2.05, 4.69) is 0 Å². The molecular weight excluding hydrogens is 416 g/mol. The number of hydrogen-bond acceptors (Lipinski definition) is 5. The molecule has 1 saturated carbocycles. The third-order valence-corrected chi connectivity index (χ3v) is 7.47. The van der Waals surface area contributed by atoms with E-state index in [-0.39, 0.29) is 23.8 Å². The van der Waals surface area contributed by atoms with Crippen molar-refractivity contribution in [3.8, 4) is 5.75 Å². The summed E-state index contributed by atoms with van der Waals surface area (Å²) >= 11 is 0. The number of aromatic nitrogens is 2. The first-order valence-electron chi connectivity index (χ1n) is 12.2. The van der Waals surface area contributed by atoms with Crippen molar-refractivity contribution in [1.82, 2.24) is 14.9 Å². The van der Waals surface area contributed by atoms with Crippen LogP contribution in [0.4, 0.5) is 5.82 Å². The number of nitrogens with zero attached hydrogens (tertiary/aromatic N) is 4. The lowest BCUT2D eigenvalue weighted by molar-refractivity contribution is -0.119. The van der Waals surface area contributed by atoms with Crippen LogP contribution < -0.4 is 9.64 Å². The number of benzene rings is 1. The predicted octanol–water partition coefficient (Wildman–Crippen LogP) is 4.04. The van der Waals surface area contributed by atoms with Crippen molar-refractivity contribution >= 4 is 17.6 Å². The van der Waals surface area contributed by atoms with E-state index in [1.54, 1.807) is 7.11 Å². The van der Waals surface area contributed by atoms with Crippen molar-refractivity contribution < 1.29 is 14.3 Å². The van der Waals surface area contributed by atoms with Gasteiger partial charge in [0.05, 0.1) is 12.7 Å².